The molecule has 1 N–H and O–H groups in total. The lowest BCUT2D eigenvalue weighted by molar-refractivity contribution is -0.122. The number of anilines is 1. The number of nitrogens with one attached hydrogen (secondary N) is 1. The number of carbonyl (C=O) groups excluding carboxylic acids is 2. The molecule has 0 spiro atoms. The first-order valence-corrected chi connectivity index (χ1v) is 15.3. The fourth-order valence-electron chi connectivity index (χ4n) is 4.85. The molecular weight excluding hydrogens is 608 g/mol. The van der Waals surface area contributed by atoms with Crippen LogP contribution in [0, 0.1) is 11.8 Å². The minimum atomic E-state index is 0.221. The van der Waals surface area contributed by atoms with Gasteiger partial charge in [0.2, 0.25) is 0 Å². The van der Waals surface area contributed by atoms with Gasteiger partial charge in [0.05, 0.1) is 0 Å². The third kappa shape index (κ3) is 10.1. The standard InChI is InChI=1S/C16H18N4O.C9H6BrN3.C7H13NO/c1-12(21)13-5-9-20(10-6-13)15-4-3-14(11-19-15)16-17-7-2-8-18-16;10-8-3-2-7(6-13-8)9-11-4-1-5-12-9;1-6(9)7-2-4-8-5-3-7/h2-4,7-8,11,13H,5-6,9-10H2,1H3;1-6H;7-8H,2-5H2,1H3. The third-order valence-electron chi connectivity index (χ3n) is 7.43. The Morgan fingerprint density at radius 3 is 1.60 bits per heavy atom. The molecule has 0 atom stereocenters. The van der Waals surface area contributed by atoms with Crippen LogP contribution in [0.4, 0.5) is 5.82 Å². The molecule has 224 valence electrons. The summed E-state index contributed by atoms with van der Waals surface area (Å²) < 4.78 is 0.812. The average molecular weight is 646 g/mol. The molecular formula is C32H37BrN8O2. The van der Waals surface area contributed by atoms with E-state index in [4.69, 9.17) is 0 Å². The highest BCUT2D eigenvalue weighted by molar-refractivity contribution is 9.10. The highest BCUT2D eigenvalue weighted by atomic mass is 79.9. The average Bonchev–Trinajstić information content (AvgIpc) is 3.07. The maximum absolute atomic E-state index is 11.4. The van der Waals surface area contributed by atoms with Crippen LogP contribution in [0.5, 0.6) is 0 Å². The Kier molecular flexibility index (Phi) is 12.4. The molecule has 2 aliphatic heterocycles. The highest BCUT2D eigenvalue weighted by Crippen LogP contribution is 2.24. The summed E-state index contributed by atoms with van der Waals surface area (Å²) in [5.74, 6) is 3.58. The van der Waals surface area contributed by atoms with E-state index in [1.165, 1.54) is 0 Å². The molecule has 0 aromatic carbocycles. The van der Waals surface area contributed by atoms with E-state index in [-0.39, 0.29) is 5.92 Å². The van der Waals surface area contributed by atoms with Crippen molar-refractivity contribution in [2.75, 3.05) is 31.1 Å². The number of hydrogen-bond acceptors (Lipinski definition) is 10. The third-order valence-corrected chi connectivity index (χ3v) is 7.90. The van der Waals surface area contributed by atoms with Crippen molar-refractivity contribution in [1.29, 1.82) is 0 Å². The molecule has 2 aliphatic rings. The van der Waals surface area contributed by atoms with Gasteiger partial charge in [0.1, 0.15) is 22.0 Å². The molecule has 6 heterocycles. The van der Waals surface area contributed by atoms with Crippen molar-refractivity contribution in [2.45, 2.75) is 39.5 Å². The van der Waals surface area contributed by atoms with Crippen LogP contribution in [0.1, 0.15) is 39.5 Å². The second kappa shape index (κ2) is 16.6. The molecule has 2 fully saturated rings. The number of nitrogens with zero attached hydrogens (tertiary/aromatic N) is 7. The van der Waals surface area contributed by atoms with Crippen molar-refractivity contribution < 1.29 is 9.59 Å². The number of hydrogen-bond donors (Lipinski definition) is 1. The predicted octanol–water partition coefficient (Wildman–Crippen LogP) is 5.22. The lowest BCUT2D eigenvalue weighted by Crippen LogP contribution is -2.36. The van der Waals surface area contributed by atoms with E-state index in [0.29, 0.717) is 29.1 Å². The number of Topliss-reactive ketones (excluding diaryl/α,β-unsaturated/α-hetero) is 2. The fourth-order valence-corrected chi connectivity index (χ4v) is 5.09. The molecule has 0 radical (unpaired) electrons. The molecule has 0 aliphatic carbocycles. The summed E-state index contributed by atoms with van der Waals surface area (Å²) in [6.45, 7) is 7.19. The molecule has 11 heteroatoms. The van der Waals surface area contributed by atoms with E-state index >= 15 is 0 Å². The molecule has 6 rings (SSSR count). The molecule has 0 saturated carbocycles. The second-order valence-corrected chi connectivity index (χ2v) is 11.2. The van der Waals surface area contributed by atoms with Gasteiger partial charge < -0.3 is 10.2 Å². The van der Waals surface area contributed by atoms with Crippen molar-refractivity contribution in [3.05, 3.63) is 78.2 Å². The van der Waals surface area contributed by atoms with Gasteiger partial charge >= 0.3 is 0 Å². The van der Waals surface area contributed by atoms with Crippen LogP contribution in [0.2, 0.25) is 0 Å². The first-order chi connectivity index (χ1) is 20.9. The van der Waals surface area contributed by atoms with Gasteiger partial charge in [-0.2, -0.15) is 0 Å². The maximum atomic E-state index is 11.4. The number of ketones is 2. The first kappa shape index (κ1) is 32.0. The number of carbonyl (C=O) groups is 2. The SMILES string of the molecule is Brc1ccc(-c2ncccn2)cn1.CC(=O)C1CCN(c2ccc(-c3ncccn3)cn2)CC1.CC(=O)C1CCNCC1. The highest BCUT2D eigenvalue weighted by Gasteiger charge is 2.23. The number of halogens is 1. The van der Waals surface area contributed by atoms with Crippen LogP contribution in [0.3, 0.4) is 0 Å². The second-order valence-electron chi connectivity index (χ2n) is 10.4. The van der Waals surface area contributed by atoms with Gasteiger partial charge in [-0.1, -0.05) is 0 Å². The Morgan fingerprint density at radius 2 is 1.19 bits per heavy atom. The number of aromatic nitrogens is 6. The Bertz CT molecular complexity index is 1410. The van der Waals surface area contributed by atoms with Crippen LogP contribution < -0.4 is 10.2 Å². The quantitative estimate of drug-likeness (QED) is 0.289. The van der Waals surface area contributed by atoms with Gasteiger partial charge in [0, 0.05) is 73.2 Å². The zero-order valence-corrected chi connectivity index (χ0v) is 26.2. The van der Waals surface area contributed by atoms with Gasteiger partial charge in [0.25, 0.3) is 0 Å². The molecule has 2 saturated heterocycles. The maximum Gasteiger partial charge on any atom is 0.160 e. The summed E-state index contributed by atoms with van der Waals surface area (Å²) in [4.78, 5) is 49.7. The summed E-state index contributed by atoms with van der Waals surface area (Å²) in [6.07, 6.45) is 14.3. The van der Waals surface area contributed by atoms with Gasteiger partial charge in [-0.05, 0) is 105 Å². The van der Waals surface area contributed by atoms with Crippen LogP contribution in [-0.4, -0.2) is 67.6 Å². The minimum Gasteiger partial charge on any atom is -0.357 e. The van der Waals surface area contributed by atoms with Crippen molar-refractivity contribution >= 4 is 33.3 Å². The van der Waals surface area contributed by atoms with Crippen molar-refractivity contribution in [3.63, 3.8) is 0 Å². The number of rotatable bonds is 5. The van der Waals surface area contributed by atoms with Gasteiger partial charge in [-0.15, -0.1) is 0 Å². The molecule has 0 bridgehead atoms. The van der Waals surface area contributed by atoms with E-state index in [9.17, 15) is 9.59 Å². The Morgan fingerprint density at radius 1 is 0.698 bits per heavy atom. The first-order valence-electron chi connectivity index (χ1n) is 14.5. The molecule has 4 aromatic rings. The lowest BCUT2D eigenvalue weighted by atomic mass is 9.93. The number of pyridine rings is 2. The van der Waals surface area contributed by atoms with Crippen molar-refractivity contribution in [2.24, 2.45) is 11.8 Å². The van der Waals surface area contributed by atoms with Crippen molar-refractivity contribution in [1.82, 2.24) is 35.2 Å². The predicted molar refractivity (Wildman–Crippen MR) is 170 cm³/mol. The van der Waals surface area contributed by atoms with Crippen LogP contribution >= 0.6 is 15.9 Å². The summed E-state index contributed by atoms with van der Waals surface area (Å²) in [7, 11) is 0. The van der Waals surface area contributed by atoms with E-state index in [1.807, 2.05) is 30.5 Å². The van der Waals surface area contributed by atoms with Crippen LogP contribution in [0.15, 0.2) is 78.2 Å². The molecule has 0 amide bonds. The normalized spacial score (nSPS) is 15.4. The van der Waals surface area contributed by atoms with Crippen LogP contribution in [-0.2, 0) is 9.59 Å². The Hall–Kier alpha value is -3.96. The Labute approximate surface area is 261 Å². The lowest BCUT2D eigenvalue weighted by Gasteiger charge is -2.31. The topological polar surface area (TPSA) is 127 Å². The molecule has 0 unspecified atom stereocenters. The Balaban J connectivity index is 0.000000163. The van der Waals surface area contributed by atoms with Gasteiger partial charge in [-0.3, -0.25) is 9.59 Å². The van der Waals surface area contributed by atoms with Gasteiger partial charge in [0.15, 0.2) is 11.6 Å². The monoisotopic (exact) mass is 644 g/mol. The molecule has 43 heavy (non-hydrogen) atoms. The fraction of sp³-hybridized carbons (Fsp3) is 0.375. The molecule has 4 aromatic heterocycles. The summed E-state index contributed by atoms with van der Waals surface area (Å²) in [5, 5.41) is 3.22. The zero-order chi connectivity index (χ0) is 30.4. The van der Waals surface area contributed by atoms with Crippen LogP contribution in [0.25, 0.3) is 22.8 Å². The van der Waals surface area contributed by atoms with Crippen molar-refractivity contribution in [3.8, 4) is 22.8 Å². The largest absolute Gasteiger partial charge is 0.357 e. The summed E-state index contributed by atoms with van der Waals surface area (Å²) >= 11 is 3.27. The number of piperidine rings is 2. The summed E-state index contributed by atoms with van der Waals surface area (Å²) in [5.41, 5.74) is 1.83. The van der Waals surface area contributed by atoms with E-state index in [1.54, 1.807) is 57.0 Å². The van der Waals surface area contributed by atoms with E-state index in [2.05, 4.69) is 56.1 Å². The van der Waals surface area contributed by atoms with E-state index < -0.39 is 0 Å². The van der Waals surface area contributed by atoms with E-state index in [0.717, 1.165) is 73.4 Å². The van der Waals surface area contributed by atoms with Gasteiger partial charge in [-0.25, -0.2) is 29.9 Å². The summed E-state index contributed by atoms with van der Waals surface area (Å²) in [6, 6.07) is 11.4. The molecule has 10 nitrogen and oxygen atoms in total. The zero-order valence-electron chi connectivity index (χ0n) is 24.6. The minimum absolute atomic E-state index is 0.221. The smallest absolute Gasteiger partial charge is 0.160 e.